The second-order valence-corrected chi connectivity index (χ2v) is 8.43. The third-order valence-electron chi connectivity index (χ3n) is 4.38. The highest BCUT2D eigenvalue weighted by atomic mass is 32.2. The molecule has 0 aliphatic heterocycles. The molecule has 6 heteroatoms. The van der Waals surface area contributed by atoms with Crippen LogP contribution in [0.25, 0.3) is 0 Å². The molecular weight excluding hydrogens is 408 g/mol. The highest BCUT2D eigenvalue weighted by Gasteiger charge is 2.15. The third kappa shape index (κ3) is 7.19. The predicted molar refractivity (Wildman–Crippen MR) is 127 cm³/mol. The van der Waals surface area contributed by atoms with Crippen molar-refractivity contribution in [2.45, 2.75) is 36.8 Å². The van der Waals surface area contributed by atoms with Crippen molar-refractivity contribution in [1.82, 2.24) is 0 Å². The van der Waals surface area contributed by atoms with Crippen molar-refractivity contribution in [3.8, 4) is 11.5 Å². The molecule has 2 N–H and O–H groups in total. The van der Waals surface area contributed by atoms with Crippen LogP contribution in [-0.4, -0.2) is 17.1 Å². The van der Waals surface area contributed by atoms with E-state index in [-0.39, 0.29) is 17.1 Å². The largest absolute Gasteiger partial charge is 0.457 e. The smallest absolute Gasteiger partial charge is 0.237 e. The van der Waals surface area contributed by atoms with Crippen LogP contribution in [-0.2, 0) is 9.59 Å². The molecule has 0 aliphatic rings. The number of ether oxygens (including phenoxy) is 1. The fraction of sp³-hybridized carbons (Fsp3) is 0.200. The molecule has 0 radical (unpaired) electrons. The number of anilines is 2. The van der Waals surface area contributed by atoms with Gasteiger partial charge in [-0.1, -0.05) is 31.2 Å². The van der Waals surface area contributed by atoms with Gasteiger partial charge in [-0.05, 0) is 67.9 Å². The minimum atomic E-state index is -0.304. The minimum absolute atomic E-state index is 0.00451. The van der Waals surface area contributed by atoms with Crippen molar-refractivity contribution in [1.29, 1.82) is 0 Å². The van der Waals surface area contributed by atoms with E-state index in [1.807, 2.05) is 92.7 Å². The molecule has 5 nitrogen and oxygen atoms in total. The summed E-state index contributed by atoms with van der Waals surface area (Å²) in [6, 6.07) is 24.4. The normalized spacial score (nSPS) is 11.4. The van der Waals surface area contributed by atoms with E-state index in [4.69, 9.17) is 4.74 Å². The fourth-order valence-electron chi connectivity index (χ4n) is 2.83. The summed E-state index contributed by atoms with van der Waals surface area (Å²) in [7, 11) is 0. The Morgan fingerprint density at radius 3 is 2.29 bits per heavy atom. The molecule has 3 aromatic rings. The van der Waals surface area contributed by atoms with Crippen LogP contribution in [0.15, 0.2) is 83.8 Å². The lowest BCUT2D eigenvalue weighted by Crippen LogP contribution is -2.22. The number of benzene rings is 3. The lowest BCUT2D eigenvalue weighted by molar-refractivity contribution is -0.116. The van der Waals surface area contributed by atoms with Crippen LogP contribution in [0.1, 0.15) is 26.7 Å². The first kappa shape index (κ1) is 22.4. The summed E-state index contributed by atoms with van der Waals surface area (Å²) in [5.41, 5.74) is 1.45. The number of hydrogen-bond donors (Lipinski definition) is 2. The summed E-state index contributed by atoms with van der Waals surface area (Å²) in [6.45, 7) is 3.82. The zero-order valence-electron chi connectivity index (χ0n) is 17.6. The van der Waals surface area contributed by atoms with Crippen molar-refractivity contribution in [3.63, 3.8) is 0 Å². The van der Waals surface area contributed by atoms with Crippen LogP contribution in [0.2, 0.25) is 0 Å². The molecule has 0 saturated heterocycles. The first-order chi connectivity index (χ1) is 15.0. The number of carbonyl (C=O) groups excluding carboxylic acids is 2. The molecule has 0 fully saturated rings. The topological polar surface area (TPSA) is 67.4 Å². The molecule has 0 aliphatic carbocycles. The van der Waals surface area contributed by atoms with Gasteiger partial charge in [0.15, 0.2) is 0 Å². The predicted octanol–water partition coefficient (Wildman–Crippen LogP) is 6.34. The maximum absolute atomic E-state index is 12.6. The Morgan fingerprint density at radius 2 is 1.58 bits per heavy atom. The first-order valence-corrected chi connectivity index (χ1v) is 11.1. The molecule has 0 saturated carbocycles. The van der Waals surface area contributed by atoms with E-state index in [0.29, 0.717) is 17.9 Å². The van der Waals surface area contributed by atoms with Gasteiger partial charge in [-0.15, -0.1) is 11.8 Å². The minimum Gasteiger partial charge on any atom is -0.457 e. The average molecular weight is 435 g/mol. The fourth-order valence-corrected chi connectivity index (χ4v) is 3.76. The highest BCUT2D eigenvalue weighted by molar-refractivity contribution is 8.00. The Kier molecular flexibility index (Phi) is 8.12. The number of nitrogens with one attached hydrogen (secondary N) is 2. The van der Waals surface area contributed by atoms with Gasteiger partial charge in [0.25, 0.3) is 0 Å². The molecule has 0 bridgehead atoms. The molecule has 1 atom stereocenters. The van der Waals surface area contributed by atoms with Gasteiger partial charge < -0.3 is 15.4 Å². The lowest BCUT2D eigenvalue weighted by Gasteiger charge is -2.13. The second-order valence-electron chi connectivity index (χ2n) is 7.01. The first-order valence-electron chi connectivity index (χ1n) is 10.2. The number of carbonyl (C=O) groups is 2. The summed E-state index contributed by atoms with van der Waals surface area (Å²) in [5, 5.41) is 5.51. The molecule has 31 heavy (non-hydrogen) atoms. The average Bonchev–Trinajstić information content (AvgIpc) is 2.76. The molecule has 2 amide bonds. The summed E-state index contributed by atoms with van der Waals surface area (Å²) in [6.07, 6.45) is 1.29. The van der Waals surface area contributed by atoms with Gasteiger partial charge >= 0.3 is 0 Å². The van der Waals surface area contributed by atoms with Gasteiger partial charge in [0.1, 0.15) is 11.5 Å². The van der Waals surface area contributed by atoms with E-state index in [1.54, 1.807) is 0 Å². The van der Waals surface area contributed by atoms with Crippen molar-refractivity contribution in [3.05, 3.63) is 78.9 Å². The van der Waals surface area contributed by atoms with Crippen LogP contribution >= 0.6 is 11.8 Å². The Hall–Kier alpha value is -3.25. The summed E-state index contributed by atoms with van der Waals surface area (Å²) < 4.78 is 5.77. The molecule has 0 aromatic heterocycles. The standard InChI is InChI=1S/C25H26N2O3S/c1-3-8-24(28)26-20-9-7-12-23(17-20)31-18(2)25(29)27-19-13-15-22(16-14-19)30-21-10-5-4-6-11-21/h4-7,9-18H,3,8H2,1-2H3,(H,26,28)(H,27,29). The molecular formula is C25H26N2O3S. The number of rotatable bonds is 9. The zero-order chi connectivity index (χ0) is 22.1. The van der Waals surface area contributed by atoms with E-state index in [9.17, 15) is 9.59 Å². The third-order valence-corrected chi connectivity index (χ3v) is 5.47. The van der Waals surface area contributed by atoms with Gasteiger partial charge in [0, 0.05) is 22.7 Å². The molecule has 0 spiro atoms. The van der Waals surface area contributed by atoms with Gasteiger partial charge in [0.05, 0.1) is 5.25 Å². The van der Waals surface area contributed by atoms with Crippen LogP contribution in [0.3, 0.4) is 0 Å². The van der Waals surface area contributed by atoms with Crippen molar-refractivity contribution in [2.24, 2.45) is 0 Å². The van der Waals surface area contributed by atoms with Gasteiger partial charge in [0.2, 0.25) is 11.8 Å². The molecule has 160 valence electrons. The van der Waals surface area contributed by atoms with Gasteiger partial charge in [-0.2, -0.15) is 0 Å². The number of para-hydroxylation sites is 1. The van der Waals surface area contributed by atoms with Crippen LogP contribution in [0.4, 0.5) is 11.4 Å². The zero-order valence-corrected chi connectivity index (χ0v) is 18.4. The van der Waals surface area contributed by atoms with Crippen LogP contribution in [0, 0.1) is 0 Å². The Labute approximate surface area is 187 Å². The quantitative estimate of drug-likeness (QED) is 0.386. The lowest BCUT2D eigenvalue weighted by atomic mass is 10.3. The molecule has 3 rings (SSSR count). The maximum atomic E-state index is 12.6. The summed E-state index contributed by atoms with van der Waals surface area (Å²) >= 11 is 1.44. The van der Waals surface area contributed by atoms with E-state index in [2.05, 4.69) is 10.6 Å². The van der Waals surface area contributed by atoms with Gasteiger partial charge in [-0.3, -0.25) is 9.59 Å². The van der Waals surface area contributed by atoms with E-state index < -0.39 is 0 Å². The van der Waals surface area contributed by atoms with E-state index in [1.165, 1.54) is 11.8 Å². The summed E-state index contributed by atoms with van der Waals surface area (Å²) in [5.74, 6) is 1.36. The maximum Gasteiger partial charge on any atom is 0.237 e. The SMILES string of the molecule is CCCC(=O)Nc1cccc(SC(C)C(=O)Nc2ccc(Oc3ccccc3)cc2)c1. The van der Waals surface area contributed by atoms with Crippen molar-refractivity contribution < 1.29 is 14.3 Å². The van der Waals surface area contributed by atoms with Gasteiger partial charge in [-0.25, -0.2) is 0 Å². The number of thioether (sulfide) groups is 1. The Balaban J connectivity index is 1.54. The molecule has 3 aromatic carbocycles. The highest BCUT2D eigenvalue weighted by Crippen LogP contribution is 2.27. The van der Waals surface area contributed by atoms with E-state index in [0.717, 1.165) is 22.8 Å². The Morgan fingerprint density at radius 1 is 0.871 bits per heavy atom. The van der Waals surface area contributed by atoms with Crippen molar-refractivity contribution in [2.75, 3.05) is 10.6 Å². The van der Waals surface area contributed by atoms with Crippen LogP contribution in [0.5, 0.6) is 11.5 Å². The van der Waals surface area contributed by atoms with E-state index >= 15 is 0 Å². The monoisotopic (exact) mass is 434 g/mol. The Bertz CT molecular complexity index is 1010. The number of hydrogen-bond acceptors (Lipinski definition) is 4. The second kappa shape index (κ2) is 11.2. The molecule has 0 heterocycles. The van der Waals surface area contributed by atoms with Crippen molar-refractivity contribution >= 4 is 35.0 Å². The summed E-state index contributed by atoms with van der Waals surface area (Å²) in [4.78, 5) is 25.3. The molecule has 1 unspecified atom stereocenters. The number of amides is 2. The van der Waals surface area contributed by atoms with Crippen LogP contribution < -0.4 is 15.4 Å².